The van der Waals surface area contributed by atoms with E-state index in [0.29, 0.717) is 22.6 Å². The quantitative estimate of drug-likeness (QED) is 0.570. The number of aromatic nitrogens is 2. The maximum absolute atomic E-state index is 12.9. The van der Waals surface area contributed by atoms with Crippen LogP contribution in [-0.2, 0) is 16.6 Å². The van der Waals surface area contributed by atoms with Gasteiger partial charge in [-0.15, -0.1) is 0 Å². The van der Waals surface area contributed by atoms with E-state index < -0.39 is 18.0 Å². The molecule has 1 atom stereocenters. The van der Waals surface area contributed by atoms with E-state index in [9.17, 15) is 9.59 Å². The summed E-state index contributed by atoms with van der Waals surface area (Å²) in [5.41, 5.74) is 6.30. The Morgan fingerprint density at radius 1 is 1.00 bits per heavy atom. The molecule has 2 aromatic carbocycles. The molecule has 7 heteroatoms. The third-order valence-corrected chi connectivity index (χ3v) is 5.43. The van der Waals surface area contributed by atoms with Crippen molar-refractivity contribution < 1.29 is 14.3 Å². The summed E-state index contributed by atoms with van der Waals surface area (Å²) in [5, 5.41) is 10.4. The van der Waals surface area contributed by atoms with Crippen LogP contribution in [0.25, 0.3) is 0 Å². The van der Waals surface area contributed by atoms with E-state index in [1.165, 1.54) is 0 Å². The molecule has 0 aliphatic rings. The van der Waals surface area contributed by atoms with Gasteiger partial charge in [0.25, 0.3) is 5.91 Å². The van der Waals surface area contributed by atoms with Crippen molar-refractivity contribution in [2.45, 2.75) is 40.7 Å². The number of carbonyl (C=O) groups excluding carboxylic acids is 2. The SMILES string of the molecule is Cc1cccc(Nc2ccccc2C(=O)O[C@@H](C)C(=O)Nc2c(C)nn(C)c2C)c1C. The molecule has 1 aromatic heterocycles. The number of nitrogens with one attached hydrogen (secondary N) is 2. The van der Waals surface area contributed by atoms with Crippen molar-refractivity contribution in [1.82, 2.24) is 9.78 Å². The number of benzene rings is 2. The Hall–Kier alpha value is -3.61. The predicted octanol–water partition coefficient (Wildman–Crippen LogP) is 4.58. The Morgan fingerprint density at radius 3 is 2.35 bits per heavy atom. The molecular weight excluding hydrogens is 392 g/mol. The van der Waals surface area contributed by atoms with Gasteiger partial charge in [0.15, 0.2) is 6.10 Å². The molecule has 0 saturated carbocycles. The Kier molecular flexibility index (Phi) is 6.44. The highest BCUT2D eigenvalue weighted by Crippen LogP contribution is 2.26. The van der Waals surface area contributed by atoms with E-state index in [4.69, 9.17) is 4.74 Å². The molecule has 0 bridgehead atoms. The summed E-state index contributed by atoms with van der Waals surface area (Å²) in [6.07, 6.45) is -0.972. The summed E-state index contributed by atoms with van der Waals surface area (Å²) in [7, 11) is 1.81. The number of amides is 1. The first-order valence-electron chi connectivity index (χ1n) is 10.1. The Morgan fingerprint density at radius 2 is 1.68 bits per heavy atom. The average Bonchev–Trinajstić information content (AvgIpc) is 2.97. The summed E-state index contributed by atoms with van der Waals surface area (Å²) in [6.45, 7) is 9.28. The number of esters is 1. The Bertz CT molecular complexity index is 1130. The van der Waals surface area contributed by atoms with E-state index in [-0.39, 0.29) is 0 Å². The normalized spacial score (nSPS) is 11.7. The molecule has 0 aliphatic carbocycles. The molecule has 3 rings (SSSR count). The molecule has 1 heterocycles. The van der Waals surface area contributed by atoms with Gasteiger partial charge in [-0.25, -0.2) is 4.79 Å². The highest BCUT2D eigenvalue weighted by Gasteiger charge is 2.23. The molecule has 2 N–H and O–H groups in total. The van der Waals surface area contributed by atoms with Crippen LogP contribution in [0.3, 0.4) is 0 Å². The van der Waals surface area contributed by atoms with Gasteiger partial charge in [0.2, 0.25) is 0 Å². The zero-order valence-electron chi connectivity index (χ0n) is 18.7. The van der Waals surface area contributed by atoms with E-state index in [2.05, 4.69) is 15.7 Å². The molecule has 0 spiro atoms. The predicted molar refractivity (Wildman–Crippen MR) is 122 cm³/mol. The van der Waals surface area contributed by atoms with Crippen LogP contribution < -0.4 is 10.6 Å². The number of ether oxygens (including phenoxy) is 1. The summed E-state index contributed by atoms with van der Waals surface area (Å²) < 4.78 is 7.16. The fourth-order valence-electron chi connectivity index (χ4n) is 3.26. The van der Waals surface area contributed by atoms with Crippen molar-refractivity contribution >= 4 is 28.9 Å². The molecule has 3 aromatic rings. The molecule has 7 nitrogen and oxygen atoms in total. The topological polar surface area (TPSA) is 85.2 Å². The second-order valence-electron chi connectivity index (χ2n) is 7.62. The lowest BCUT2D eigenvalue weighted by Crippen LogP contribution is -2.30. The maximum Gasteiger partial charge on any atom is 0.341 e. The minimum atomic E-state index is -0.972. The molecule has 0 saturated heterocycles. The van der Waals surface area contributed by atoms with Crippen molar-refractivity contribution in [3.05, 3.63) is 70.5 Å². The monoisotopic (exact) mass is 420 g/mol. The van der Waals surface area contributed by atoms with E-state index in [1.54, 1.807) is 30.8 Å². The molecule has 0 aliphatic heterocycles. The van der Waals surface area contributed by atoms with Crippen molar-refractivity contribution in [3.8, 4) is 0 Å². The molecule has 31 heavy (non-hydrogen) atoms. The highest BCUT2D eigenvalue weighted by atomic mass is 16.5. The molecule has 0 unspecified atom stereocenters. The molecule has 162 valence electrons. The standard InChI is InChI=1S/C24H28N4O3/c1-14-10-9-13-20(15(14)2)25-21-12-8-7-11-19(21)24(30)31-18(5)23(29)26-22-16(3)27-28(6)17(22)4/h7-13,18,25H,1-6H3,(H,26,29)/t18-/m0/s1. The van der Waals surface area contributed by atoms with E-state index in [1.807, 2.05) is 58.0 Å². The molecule has 0 radical (unpaired) electrons. The number of nitrogens with zero attached hydrogens (tertiary/aromatic N) is 2. The van der Waals surface area contributed by atoms with Crippen LogP contribution in [0.2, 0.25) is 0 Å². The summed E-state index contributed by atoms with van der Waals surface area (Å²) >= 11 is 0. The van der Waals surface area contributed by atoms with Gasteiger partial charge in [0.1, 0.15) is 0 Å². The lowest BCUT2D eigenvalue weighted by molar-refractivity contribution is -0.123. The number of hydrogen-bond acceptors (Lipinski definition) is 5. The molecule has 1 amide bonds. The van der Waals surface area contributed by atoms with Crippen molar-refractivity contribution in [1.29, 1.82) is 0 Å². The van der Waals surface area contributed by atoms with Gasteiger partial charge in [-0.3, -0.25) is 9.48 Å². The molecule has 0 fully saturated rings. The maximum atomic E-state index is 12.9. The first kappa shape index (κ1) is 22.1. The van der Waals surface area contributed by atoms with Crippen LogP contribution in [-0.4, -0.2) is 27.8 Å². The third kappa shape index (κ3) is 4.77. The zero-order chi connectivity index (χ0) is 22.7. The number of para-hydroxylation sites is 1. The van der Waals surface area contributed by atoms with Crippen molar-refractivity contribution in [3.63, 3.8) is 0 Å². The average molecular weight is 421 g/mol. The number of hydrogen-bond donors (Lipinski definition) is 2. The molecular formula is C24H28N4O3. The first-order chi connectivity index (χ1) is 14.7. The number of carbonyl (C=O) groups is 2. The number of rotatable bonds is 6. The Balaban J connectivity index is 1.74. The minimum absolute atomic E-state index is 0.358. The summed E-state index contributed by atoms with van der Waals surface area (Å²) in [4.78, 5) is 25.5. The smallest absolute Gasteiger partial charge is 0.341 e. The van der Waals surface area contributed by atoms with E-state index >= 15 is 0 Å². The van der Waals surface area contributed by atoms with Gasteiger partial charge in [-0.2, -0.15) is 5.10 Å². The number of aryl methyl sites for hydroxylation is 3. The summed E-state index contributed by atoms with van der Waals surface area (Å²) in [5.74, 6) is -0.983. The van der Waals surface area contributed by atoms with Crippen LogP contribution in [0.4, 0.5) is 17.1 Å². The van der Waals surface area contributed by atoms with Gasteiger partial charge < -0.3 is 15.4 Å². The Labute approximate surface area is 182 Å². The fraction of sp³-hybridized carbons (Fsp3) is 0.292. The van der Waals surface area contributed by atoms with Gasteiger partial charge in [0.05, 0.1) is 28.3 Å². The van der Waals surface area contributed by atoms with Crippen LogP contribution >= 0.6 is 0 Å². The van der Waals surface area contributed by atoms with Gasteiger partial charge in [-0.1, -0.05) is 24.3 Å². The van der Waals surface area contributed by atoms with Crippen LogP contribution in [0, 0.1) is 27.7 Å². The largest absolute Gasteiger partial charge is 0.449 e. The second-order valence-corrected chi connectivity index (χ2v) is 7.62. The summed E-state index contributed by atoms with van der Waals surface area (Å²) in [6, 6.07) is 13.0. The second kappa shape index (κ2) is 9.04. The van der Waals surface area contributed by atoms with Gasteiger partial charge in [-0.05, 0) is 63.9 Å². The lowest BCUT2D eigenvalue weighted by Gasteiger charge is -2.17. The van der Waals surface area contributed by atoms with Crippen LogP contribution in [0.5, 0.6) is 0 Å². The van der Waals surface area contributed by atoms with Crippen LogP contribution in [0.15, 0.2) is 42.5 Å². The zero-order valence-corrected chi connectivity index (χ0v) is 18.7. The fourth-order valence-corrected chi connectivity index (χ4v) is 3.26. The van der Waals surface area contributed by atoms with Crippen LogP contribution in [0.1, 0.15) is 39.8 Å². The first-order valence-corrected chi connectivity index (χ1v) is 10.1. The van der Waals surface area contributed by atoms with Crippen molar-refractivity contribution in [2.75, 3.05) is 10.6 Å². The minimum Gasteiger partial charge on any atom is -0.449 e. The third-order valence-electron chi connectivity index (χ3n) is 5.43. The van der Waals surface area contributed by atoms with Crippen molar-refractivity contribution in [2.24, 2.45) is 7.05 Å². The lowest BCUT2D eigenvalue weighted by atomic mass is 10.1. The number of anilines is 3. The van der Waals surface area contributed by atoms with Gasteiger partial charge >= 0.3 is 5.97 Å². The van der Waals surface area contributed by atoms with Gasteiger partial charge in [0, 0.05) is 12.7 Å². The van der Waals surface area contributed by atoms with E-state index in [0.717, 1.165) is 22.5 Å². The highest BCUT2D eigenvalue weighted by molar-refractivity contribution is 6.00.